The maximum absolute atomic E-state index is 13.7. The summed E-state index contributed by atoms with van der Waals surface area (Å²) < 4.78 is 8.33. The summed E-state index contributed by atoms with van der Waals surface area (Å²) >= 11 is 1.30. The minimum atomic E-state index is -0.872. The Morgan fingerprint density at radius 2 is 1.82 bits per heavy atom. The van der Waals surface area contributed by atoms with Crippen molar-refractivity contribution in [1.82, 2.24) is 14.4 Å². The van der Waals surface area contributed by atoms with Gasteiger partial charge in [-0.15, -0.1) is 0 Å². The number of ether oxygens (including phenoxy) is 1. The number of hydrogen-bond donors (Lipinski definition) is 1. The van der Waals surface area contributed by atoms with Crippen LogP contribution in [-0.4, -0.2) is 37.8 Å². The zero-order valence-electron chi connectivity index (χ0n) is 22.6. The molecular formula is C31H28N4O4S. The molecule has 3 aromatic heterocycles. The number of imidazole rings is 1. The molecule has 9 heteroatoms. The molecule has 5 aromatic rings. The number of Topliss-reactive ketones (excluding diaryl/α,β-unsaturated/α-hetero) is 1. The Bertz CT molecular complexity index is 1830. The fraction of sp³-hybridized carbons (Fsp3) is 0.226. The minimum Gasteiger partial charge on any atom is -0.505 e. The van der Waals surface area contributed by atoms with E-state index in [-0.39, 0.29) is 17.0 Å². The molecule has 2 aromatic carbocycles. The lowest BCUT2D eigenvalue weighted by molar-refractivity contribution is -0.132. The van der Waals surface area contributed by atoms with Crippen molar-refractivity contribution in [3.05, 3.63) is 94.4 Å². The van der Waals surface area contributed by atoms with Crippen LogP contribution in [0.3, 0.4) is 0 Å². The van der Waals surface area contributed by atoms with Gasteiger partial charge in [-0.05, 0) is 68.1 Å². The number of hydrogen-bond acceptors (Lipinski definition) is 7. The topological polar surface area (TPSA) is 97.0 Å². The van der Waals surface area contributed by atoms with Crippen LogP contribution in [0.25, 0.3) is 21.6 Å². The lowest BCUT2D eigenvalue weighted by Gasteiger charge is -2.23. The van der Waals surface area contributed by atoms with E-state index in [1.54, 1.807) is 0 Å². The molecule has 1 amide bonds. The number of nitrogens with zero attached hydrogens (tertiary/aromatic N) is 4. The van der Waals surface area contributed by atoms with Gasteiger partial charge >= 0.3 is 5.91 Å². The first-order chi connectivity index (χ1) is 19.3. The molecule has 40 heavy (non-hydrogen) atoms. The summed E-state index contributed by atoms with van der Waals surface area (Å²) in [6.45, 7) is 8.27. The number of aromatic nitrogens is 3. The Morgan fingerprint density at radius 1 is 1.05 bits per heavy atom. The van der Waals surface area contributed by atoms with Gasteiger partial charge in [0.2, 0.25) is 0 Å². The standard InChI is InChI=1S/C31H28N4O4S/c1-5-19-9-11-20(12-10-19)26-24(27(36)25-18(4)34-15-7-8-17(3)29(34)33-25)28(37)30(38)35(26)31-32-22-14-13-21(39-6-2)16-23(22)40-31/h7-16,26,36H,5-6H2,1-4H3/b27-24+. The molecule has 0 aliphatic carbocycles. The second-order valence-corrected chi connectivity index (χ2v) is 10.8. The van der Waals surface area contributed by atoms with Crippen molar-refractivity contribution in [2.45, 2.75) is 40.2 Å². The molecule has 4 heterocycles. The molecule has 1 atom stereocenters. The number of ketones is 1. The Labute approximate surface area is 235 Å². The van der Waals surface area contributed by atoms with Crippen LogP contribution in [0.15, 0.2) is 66.4 Å². The summed E-state index contributed by atoms with van der Waals surface area (Å²) in [5, 5.41) is 12.1. The van der Waals surface area contributed by atoms with E-state index >= 15 is 0 Å². The van der Waals surface area contributed by atoms with Crippen LogP contribution < -0.4 is 9.64 Å². The van der Waals surface area contributed by atoms with Crippen LogP contribution in [0, 0.1) is 13.8 Å². The van der Waals surface area contributed by atoms with Crippen molar-refractivity contribution in [3.63, 3.8) is 0 Å². The molecular weight excluding hydrogens is 524 g/mol. The maximum atomic E-state index is 13.7. The van der Waals surface area contributed by atoms with Crippen molar-refractivity contribution in [1.29, 1.82) is 0 Å². The summed E-state index contributed by atoms with van der Waals surface area (Å²) in [5.41, 5.74) is 5.05. The van der Waals surface area contributed by atoms with Gasteiger partial charge in [-0.3, -0.25) is 14.5 Å². The lowest BCUT2D eigenvalue weighted by atomic mass is 9.95. The van der Waals surface area contributed by atoms with Crippen molar-refractivity contribution >= 4 is 49.8 Å². The molecule has 202 valence electrons. The summed E-state index contributed by atoms with van der Waals surface area (Å²) in [6.07, 6.45) is 2.71. The number of carbonyl (C=O) groups is 2. The molecule has 0 bridgehead atoms. The summed E-state index contributed by atoms with van der Waals surface area (Å²) in [6, 6.07) is 16.3. The third-order valence-corrected chi connectivity index (χ3v) is 8.34. The number of thiazole rings is 1. The first-order valence-electron chi connectivity index (χ1n) is 13.2. The smallest absolute Gasteiger partial charge is 0.301 e. The van der Waals surface area contributed by atoms with E-state index in [1.165, 1.54) is 16.2 Å². The number of aliphatic hydroxyl groups excluding tert-OH is 1. The van der Waals surface area contributed by atoms with Crippen LogP contribution in [0.4, 0.5) is 5.13 Å². The van der Waals surface area contributed by atoms with Crippen LogP contribution in [0.2, 0.25) is 0 Å². The number of fused-ring (bicyclic) bond motifs is 2. The number of carbonyl (C=O) groups excluding carboxylic acids is 2. The number of rotatable bonds is 6. The molecule has 1 aliphatic rings. The molecule has 0 spiro atoms. The molecule has 8 nitrogen and oxygen atoms in total. The van der Waals surface area contributed by atoms with Crippen LogP contribution >= 0.6 is 11.3 Å². The van der Waals surface area contributed by atoms with E-state index in [0.29, 0.717) is 39.9 Å². The van der Waals surface area contributed by atoms with E-state index < -0.39 is 17.7 Å². The number of amides is 1. The molecule has 0 saturated carbocycles. The third-order valence-electron chi connectivity index (χ3n) is 7.32. The Balaban J connectivity index is 1.56. The monoisotopic (exact) mass is 552 g/mol. The number of pyridine rings is 1. The predicted octanol–water partition coefficient (Wildman–Crippen LogP) is 6.15. The highest BCUT2D eigenvalue weighted by atomic mass is 32.1. The average Bonchev–Trinajstić information content (AvgIpc) is 3.61. The van der Waals surface area contributed by atoms with Gasteiger partial charge in [0.15, 0.2) is 10.9 Å². The number of aryl methyl sites for hydroxylation is 3. The van der Waals surface area contributed by atoms with Crippen LogP contribution in [-0.2, 0) is 16.0 Å². The molecule has 1 saturated heterocycles. The van der Waals surface area contributed by atoms with Crippen LogP contribution in [0.5, 0.6) is 5.75 Å². The Hall–Kier alpha value is -4.50. The van der Waals surface area contributed by atoms with E-state index in [9.17, 15) is 14.7 Å². The molecule has 1 aliphatic heterocycles. The van der Waals surface area contributed by atoms with Gasteiger partial charge in [0.1, 0.15) is 17.1 Å². The van der Waals surface area contributed by atoms with Crippen molar-refractivity contribution in [2.24, 2.45) is 0 Å². The first kappa shape index (κ1) is 25.8. The maximum Gasteiger partial charge on any atom is 0.301 e. The normalized spacial score (nSPS) is 16.9. The number of aliphatic hydroxyl groups is 1. The molecule has 6 rings (SSSR count). The molecule has 0 radical (unpaired) electrons. The van der Waals surface area contributed by atoms with Crippen LogP contribution in [0.1, 0.15) is 48.0 Å². The highest BCUT2D eigenvalue weighted by Crippen LogP contribution is 2.45. The van der Waals surface area contributed by atoms with Gasteiger partial charge in [0, 0.05) is 6.20 Å². The summed E-state index contributed by atoms with van der Waals surface area (Å²) in [4.78, 5) is 38.1. The van der Waals surface area contributed by atoms with Gasteiger partial charge in [0.25, 0.3) is 5.78 Å². The summed E-state index contributed by atoms with van der Waals surface area (Å²) in [7, 11) is 0. The summed E-state index contributed by atoms with van der Waals surface area (Å²) in [5.74, 6) is -1.11. The fourth-order valence-electron chi connectivity index (χ4n) is 5.21. The van der Waals surface area contributed by atoms with Crippen molar-refractivity contribution in [3.8, 4) is 5.75 Å². The number of benzene rings is 2. The van der Waals surface area contributed by atoms with E-state index in [4.69, 9.17) is 9.72 Å². The van der Waals surface area contributed by atoms with Gasteiger partial charge in [0.05, 0.1) is 34.1 Å². The quantitative estimate of drug-likeness (QED) is 0.154. The second-order valence-electron chi connectivity index (χ2n) is 9.75. The van der Waals surface area contributed by atoms with Gasteiger partial charge in [-0.2, -0.15) is 0 Å². The Kier molecular flexibility index (Phi) is 6.38. The largest absolute Gasteiger partial charge is 0.505 e. The van der Waals surface area contributed by atoms with Gasteiger partial charge in [-0.25, -0.2) is 9.97 Å². The molecule has 1 fully saturated rings. The van der Waals surface area contributed by atoms with Gasteiger partial charge < -0.3 is 14.2 Å². The first-order valence-corrected chi connectivity index (χ1v) is 14.0. The van der Waals surface area contributed by atoms with Gasteiger partial charge in [-0.1, -0.05) is 48.6 Å². The highest BCUT2D eigenvalue weighted by Gasteiger charge is 2.48. The van der Waals surface area contributed by atoms with Crippen molar-refractivity contribution < 1.29 is 19.4 Å². The highest BCUT2D eigenvalue weighted by molar-refractivity contribution is 7.22. The number of anilines is 1. The average molecular weight is 553 g/mol. The zero-order valence-corrected chi connectivity index (χ0v) is 23.5. The van der Waals surface area contributed by atoms with E-state index in [1.807, 2.05) is 86.0 Å². The molecule has 1 unspecified atom stereocenters. The second kappa shape index (κ2) is 9.91. The Morgan fingerprint density at radius 3 is 2.52 bits per heavy atom. The third kappa shape index (κ3) is 4.05. The fourth-order valence-corrected chi connectivity index (χ4v) is 6.23. The predicted molar refractivity (Wildman–Crippen MR) is 156 cm³/mol. The minimum absolute atomic E-state index is 0.00679. The van der Waals surface area contributed by atoms with E-state index in [0.717, 1.165) is 22.2 Å². The molecule has 1 N–H and O–H groups in total. The SMILES string of the molecule is CCOc1ccc2nc(N3C(=O)C(=O)/C(=C(/O)c4nc5c(C)cccn5c4C)C3c3ccc(CC)cc3)sc2c1. The van der Waals surface area contributed by atoms with E-state index in [2.05, 4.69) is 11.9 Å². The van der Waals surface area contributed by atoms with Crippen molar-refractivity contribution in [2.75, 3.05) is 11.5 Å². The lowest BCUT2D eigenvalue weighted by Crippen LogP contribution is -2.29. The zero-order chi connectivity index (χ0) is 28.1.